The Morgan fingerprint density at radius 1 is 1.47 bits per heavy atom. The van der Waals surface area contributed by atoms with Crippen LogP contribution in [0.5, 0.6) is 0 Å². The minimum Gasteiger partial charge on any atom is -0.369 e. The van der Waals surface area contributed by atoms with E-state index in [0.29, 0.717) is 11.2 Å². The topological polar surface area (TPSA) is 3.24 Å². The molecule has 0 radical (unpaired) electrons. The zero-order valence-electron chi connectivity index (χ0n) is 10.3. The summed E-state index contributed by atoms with van der Waals surface area (Å²) in [4.78, 5) is 2.23. The Morgan fingerprint density at radius 2 is 2.29 bits per heavy atom. The maximum atomic E-state index is 14.0. The lowest BCUT2D eigenvalue weighted by Gasteiger charge is -2.35. The van der Waals surface area contributed by atoms with Crippen molar-refractivity contribution in [1.82, 2.24) is 0 Å². The van der Waals surface area contributed by atoms with Crippen molar-refractivity contribution in [1.29, 1.82) is 0 Å². The number of hydrogen-bond donors (Lipinski definition) is 0. The van der Waals surface area contributed by atoms with Crippen LogP contribution in [0.3, 0.4) is 0 Å². The Kier molecular flexibility index (Phi) is 4.43. The summed E-state index contributed by atoms with van der Waals surface area (Å²) in [5.74, 6) is 0.630. The maximum Gasteiger partial charge on any atom is 0.146 e. The van der Waals surface area contributed by atoms with E-state index in [-0.39, 0.29) is 5.82 Å². The number of para-hydroxylation sites is 1. The second-order valence-electron chi connectivity index (χ2n) is 4.74. The van der Waals surface area contributed by atoms with E-state index in [0.717, 1.165) is 24.3 Å². The van der Waals surface area contributed by atoms with E-state index in [1.807, 2.05) is 6.07 Å². The summed E-state index contributed by atoms with van der Waals surface area (Å²) >= 11 is 3.45. The minimum atomic E-state index is -0.0845. The number of piperidine rings is 1. The van der Waals surface area contributed by atoms with Crippen LogP contribution in [0.15, 0.2) is 18.2 Å². The molecule has 1 aromatic carbocycles. The number of halogens is 2. The summed E-state index contributed by atoms with van der Waals surface area (Å²) in [7, 11) is 0. The Labute approximate surface area is 111 Å². The SMILES string of the molecule is CCC1CCCN(c2c(F)cccc2CBr)C1. The molecule has 0 spiro atoms. The van der Waals surface area contributed by atoms with Gasteiger partial charge in [-0.25, -0.2) is 4.39 Å². The molecule has 1 aliphatic rings. The van der Waals surface area contributed by atoms with Gasteiger partial charge in [0.1, 0.15) is 5.82 Å². The van der Waals surface area contributed by atoms with Crippen molar-refractivity contribution in [2.75, 3.05) is 18.0 Å². The van der Waals surface area contributed by atoms with E-state index >= 15 is 0 Å². The van der Waals surface area contributed by atoms with Crippen molar-refractivity contribution in [2.45, 2.75) is 31.5 Å². The van der Waals surface area contributed by atoms with Crippen LogP contribution in [0.25, 0.3) is 0 Å². The van der Waals surface area contributed by atoms with Crippen molar-refractivity contribution in [3.05, 3.63) is 29.6 Å². The standard InChI is InChI=1S/C14H19BrFN/c1-2-11-5-4-8-17(10-11)14-12(9-15)6-3-7-13(14)16/h3,6-7,11H,2,4-5,8-10H2,1H3. The fraction of sp³-hybridized carbons (Fsp3) is 0.571. The lowest BCUT2D eigenvalue weighted by atomic mass is 9.95. The largest absolute Gasteiger partial charge is 0.369 e. The van der Waals surface area contributed by atoms with Crippen molar-refractivity contribution in [3.63, 3.8) is 0 Å². The molecule has 0 aromatic heterocycles. The predicted octanol–water partition coefficient (Wildman–Crippen LogP) is 4.35. The highest BCUT2D eigenvalue weighted by molar-refractivity contribution is 9.08. The third kappa shape index (κ3) is 2.82. The van der Waals surface area contributed by atoms with Gasteiger partial charge in [-0.1, -0.05) is 41.4 Å². The molecule has 2 rings (SSSR count). The highest BCUT2D eigenvalue weighted by Crippen LogP contribution is 2.31. The zero-order valence-corrected chi connectivity index (χ0v) is 11.8. The predicted molar refractivity (Wildman–Crippen MR) is 74.3 cm³/mol. The van der Waals surface area contributed by atoms with Crippen LogP contribution in [0.2, 0.25) is 0 Å². The first kappa shape index (κ1) is 12.9. The summed E-state index contributed by atoms with van der Waals surface area (Å²) in [6, 6.07) is 5.36. The van der Waals surface area contributed by atoms with E-state index in [2.05, 4.69) is 27.8 Å². The lowest BCUT2D eigenvalue weighted by Crippen LogP contribution is -2.36. The average molecular weight is 300 g/mol. The number of hydrogen-bond acceptors (Lipinski definition) is 1. The van der Waals surface area contributed by atoms with Gasteiger partial charge in [0.2, 0.25) is 0 Å². The molecule has 0 bridgehead atoms. The normalized spacial score (nSPS) is 20.6. The van der Waals surface area contributed by atoms with Crippen molar-refractivity contribution in [3.8, 4) is 0 Å². The molecule has 1 aromatic rings. The number of nitrogens with zero attached hydrogens (tertiary/aromatic N) is 1. The third-order valence-corrected chi connectivity index (χ3v) is 4.23. The summed E-state index contributed by atoms with van der Waals surface area (Å²) in [6.45, 7) is 4.20. The third-order valence-electron chi connectivity index (χ3n) is 3.63. The zero-order chi connectivity index (χ0) is 12.3. The lowest BCUT2D eigenvalue weighted by molar-refractivity contribution is 0.401. The molecular formula is C14H19BrFN. The Hall–Kier alpha value is -0.570. The average Bonchev–Trinajstić information content (AvgIpc) is 2.38. The van der Waals surface area contributed by atoms with Crippen LogP contribution < -0.4 is 4.90 Å². The van der Waals surface area contributed by atoms with Gasteiger partial charge in [-0.3, -0.25) is 0 Å². The van der Waals surface area contributed by atoms with Crippen LogP contribution >= 0.6 is 15.9 Å². The van der Waals surface area contributed by atoms with Gasteiger partial charge >= 0.3 is 0 Å². The fourth-order valence-electron chi connectivity index (χ4n) is 2.62. The van der Waals surface area contributed by atoms with Crippen molar-refractivity contribution in [2.24, 2.45) is 5.92 Å². The quantitative estimate of drug-likeness (QED) is 0.750. The first-order chi connectivity index (χ1) is 8.26. The molecule has 1 aliphatic heterocycles. The van der Waals surface area contributed by atoms with Crippen molar-refractivity contribution >= 4 is 21.6 Å². The van der Waals surface area contributed by atoms with Crippen LogP contribution in [0.1, 0.15) is 31.7 Å². The van der Waals surface area contributed by atoms with E-state index < -0.39 is 0 Å². The van der Waals surface area contributed by atoms with Gasteiger partial charge in [0, 0.05) is 18.4 Å². The molecule has 3 heteroatoms. The molecule has 1 unspecified atom stereocenters. The molecule has 94 valence electrons. The van der Waals surface area contributed by atoms with E-state index in [9.17, 15) is 4.39 Å². The molecule has 0 amide bonds. The first-order valence-electron chi connectivity index (χ1n) is 6.34. The second kappa shape index (κ2) is 5.85. The van der Waals surface area contributed by atoms with E-state index in [1.54, 1.807) is 12.1 Å². The van der Waals surface area contributed by atoms with Gasteiger partial charge in [0.25, 0.3) is 0 Å². The Morgan fingerprint density at radius 3 is 3.00 bits per heavy atom. The van der Waals surface area contributed by atoms with Crippen LogP contribution in [-0.2, 0) is 5.33 Å². The summed E-state index contributed by atoms with van der Waals surface area (Å²) < 4.78 is 14.0. The van der Waals surface area contributed by atoms with Gasteiger partial charge in [-0.05, 0) is 30.4 Å². The Balaban J connectivity index is 2.26. The van der Waals surface area contributed by atoms with Gasteiger partial charge in [0.15, 0.2) is 0 Å². The molecule has 1 saturated heterocycles. The molecule has 1 fully saturated rings. The summed E-state index contributed by atoms with van der Waals surface area (Å²) in [5, 5.41) is 0.716. The fourth-order valence-corrected chi connectivity index (χ4v) is 3.08. The number of benzene rings is 1. The minimum absolute atomic E-state index is 0.0845. The number of rotatable bonds is 3. The molecule has 0 aliphatic carbocycles. The highest BCUT2D eigenvalue weighted by atomic mass is 79.9. The van der Waals surface area contributed by atoms with E-state index in [1.165, 1.54) is 19.3 Å². The van der Waals surface area contributed by atoms with E-state index in [4.69, 9.17) is 0 Å². The second-order valence-corrected chi connectivity index (χ2v) is 5.30. The molecule has 0 saturated carbocycles. The molecule has 0 N–H and O–H groups in total. The van der Waals surface area contributed by atoms with Gasteiger partial charge in [0.05, 0.1) is 5.69 Å². The molecule has 1 atom stereocenters. The molecule has 1 heterocycles. The highest BCUT2D eigenvalue weighted by Gasteiger charge is 2.22. The molecule has 17 heavy (non-hydrogen) atoms. The van der Waals surface area contributed by atoms with Crippen LogP contribution in [0.4, 0.5) is 10.1 Å². The summed E-state index contributed by atoms with van der Waals surface area (Å²) in [6.07, 6.45) is 3.65. The summed E-state index contributed by atoms with van der Waals surface area (Å²) in [5.41, 5.74) is 1.87. The maximum absolute atomic E-state index is 14.0. The molecular weight excluding hydrogens is 281 g/mol. The van der Waals surface area contributed by atoms with Gasteiger partial charge < -0.3 is 4.90 Å². The monoisotopic (exact) mass is 299 g/mol. The number of alkyl halides is 1. The smallest absolute Gasteiger partial charge is 0.146 e. The van der Waals surface area contributed by atoms with Crippen molar-refractivity contribution < 1.29 is 4.39 Å². The van der Waals surface area contributed by atoms with Crippen LogP contribution in [0, 0.1) is 11.7 Å². The molecule has 1 nitrogen and oxygen atoms in total. The number of anilines is 1. The Bertz CT molecular complexity index is 380. The first-order valence-corrected chi connectivity index (χ1v) is 7.46. The van der Waals surface area contributed by atoms with Crippen LogP contribution in [-0.4, -0.2) is 13.1 Å². The van der Waals surface area contributed by atoms with Gasteiger partial charge in [-0.2, -0.15) is 0 Å². The van der Waals surface area contributed by atoms with Gasteiger partial charge in [-0.15, -0.1) is 0 Å².